The zero-order valence-electron chi connectivity index (χ0n) is 11.7. The van der Waals surface area contributed by atoms with Crippen LogP contribution in [0.4, 0.5) is 0 Å². The minimum Gasteiger partial charge on any atom is -0.369 e. The maximum atomic E-state index is 11.6. The molecule has 2 N–H and O–H groups in total. The van der Waals surface area contributed by atoms with E-state index >= 15 is 0 Å². The Kier molecular flexibility index (Phi) is 5.36. The summed E-state index contributed by atoms with van der Waals surface area (Å²) in [7, 11) is 0. The van der Waals surface area contributed by atoms with Gasteiger partial charge in [-0.3, -0.25) is 4.79 Å². The van der Waals surface area contributed by atoms with Crippen molar-refractivity contribution in [3.63, 3.8) is 0 Å². The lowest BCUT2D eigenvalue weighted by atomic mass is 9.93. The second-order valence-corrected chi connectivity index (χ2v) is 5.15. The Labute approximate surface area is 120 Å². The number of carbonyl (C=O) groups is 1. The molecule has 0 saturated carbocycles. The van der Waals surface area contributed by atoms with Gasteiger partial charge >= 0.3 is 0 Å². The molecule has 0 fully saturated rings. The summed E-state index contributed by atoms with van der Waals surface area (Å²) in [5.74, 6) is -0.229. The number of carbonyl (C=O) groups excluding carboxylic acids is 1. The van der Waals surface area contributed by atoms with Crippen molar-refractivity contribution >= 4 is 5.91 Å². The van der Waals surface area contributed by atoms with Crippen molar-refractivity contribution in [3.05, 3.63) is 71.8 Å². The van der Waals surface area contributed by atoms with E-state index in [0.29, 0.717) is 0 Å². The number of nitrogens with two attached hydrogens (primary N) is 1. The summed E-state index contributed by atoms with van der Waals surface area (Å²) in [6.07, 6.45) is 3.46. The van der Waals surface area contributed by atoms with Crippen molar-refractivity contribution < 1.29 is 4.79 Å². The topological polar surface area (TPSA) is 43.1 Å². The van der Waals surface area contributed by atoms with Gasteiger partial charge in [0.25, 0.3) is 0 Å². The smallest absolute Gasteiger partial charge is 0.220 e. The van der Waals surface area contributed by atoms with Crippen molar-refractivity contribution in [3.8, 4) is 0 Å². The lowest BCUT2D eigenvalue weighted by Gasteiger charge is -2.13. The molecule has 0 atom stereocenters. The van der Waals surface area contributed by atoms with Gasteiger partial charge in [0.2, 0.25) is 5.91 Å². The van der Waals surface area contributed by atoms with Crippen molar-refractivity contribution in [2.45, 2.75) is 25.7 Å². The van der Waals surface area contributed by atoms with E-state index in [1.807, 2.05) is 36.4 Å². The highest BCUT2D eigenvalue weighted by Gasteiger charge is 2.15. The molecular formula is C18H21NO. The summed E-state index contributed by atoms with van der Waals surface area (Å²) in [6, 6.07) is 20.5. The van der Waals surface area contributed by atoms with Gasteiger partial charge in [-0.15, -0.1) is 0 Å². The van der Waals surface area contributed by atoms with E-state index in [1.165, 1.54) is 11.1 Å². The lowest BCUT2D eigenvalue weighted by molar-refractivity contribution is -0.122. The molecule has 0 aromatic heterocycles. The third kappa shape index (κ3) is 4.54. The Morgan fingerprint density at radius 3 is 1.55 bits per heavy atom. The molecule has 0 bridgehead atoms. The first-order valence-electron chi connectivity index (χ1n) is 7.13. The van der Waals surface area contributed by atoms with Crippen LogP contribution in [0.1, 0.15) is 24.0 Å². The summed E-state index contributed by atoms with van der Waals surface area (Å²) in [4.78, 5) is 11.6. The average Bonchev–Trinajstić information content (AvgIpc) is 2.49. The molecule has 2 heteroatoms. The second kappa shape index (κ2) is 7.49. The lowest BCUT2D eigenvalue weighted by Crippen LogP contribution is -2.24. The van der Waals surface area contributed by atoms with Crippen molar-refractivity contribution in [2.24, 2.45) is 11.7 Å². The normalized spacial score (nSPS) is 10.7. The Morgan fingerprint density at radius 1 is 0.800 bits per heavy atom. The third-order valence-corrected chi connectivity index (χ3v) is 3.65. The van der Waals surface area contributed by atoms with Gasteiger partial charge in [0, 0.05) is 5.92 Å². The maximum absolute atomic E-state index is 11.6. The van der Waals surface area contributed by atoms with E-state index in [9.17, 15) is 4.79 Å². The van der Waals surface area contributed by atoms with E-state index in [2.05, 4.69) is 24.3 Å². The molecule has 0 spiro atoms. The van der Waals surface area contributed by atoms with Gasteiger partial charge in [-0.25, -0.2) is 0 Å². The predicted molar refractivity (Wildman–Crippen MR) is 82.2 cm³/mol. The Hall–Kier alpha value is -2.09. The van der Waals surface area contributed by atoms with Crippen LogP contribution in [0.5, 0.6) is 0 Å². The first-order valence-corrected chi connectivity index (χ1v) is 7.13. The van der Waals surface area contributed by atoms with Crippen molar-refractivity contribution in [2.75, 3.05) is 0 Å². The van der Waals surface area contributed by atoms with Crippen LogP contribution in [0.3, 0.4) is 0 Å². The zero-order valence-corrected chi connectivity index (χ0v) is 11.7. The van der Waals surface area contributed by atoms with Gasteiger partial charge in [-0.05, 0) is 36.8 Å². The van der Waals surface area contributed by atoms with Gasteiger partial charge < -0.3 is 5.73 Å². The molecule has 2 aromatic carbocycles. The molecule has 0 unspecified atom stereocenters. The fraction of sp³-hybridized carbons (Fsp3) is 0.278. The van der Waals surface area contributed by atoms with E-state index in [-0.39, 0.29) is 11.8 Å². The third-order valence-electron chi connectivity index (χ3n) is 3.65. The quantitative estimate of drug-likeness (QED) is 0.821. The van der Waals surface area contributed by atoms with Gasteiger partial charge in [0.05, 0.1) is 0 Å². The molecule has 20 heavy (non-hydrogen) atoms. The molecule has 0 aliphatic rings. The van der Waals surface area contributed by atoms with E-state index in [4.69, 9.17) is 5.73 Å². The van der Waals surface area contributed by atoms with Crippen LogP contribution in [0.15, 0.2) is 60.7 Å². The maximum Gasteiger partial charge on any atom is 0.220 e. The first kappa shape index (κ1) is 14.3. The number of amides is 1. The molecule has 0 saturated heterocycles. The summed E-state index contributed by atoms with van der Waals surface area (Å²) < 4.78 is 0. The van der Waals surface area contributed by atoms with Gasteiger partial charge in [0.1, 0.15) is 0 Å². The Balaban J connectivity index is 1.86. The molecule has 0 radical (unpaired) electrons. The predicted octanol–water partition coefficient (Wildman–Crippen LogP) is 3.35. The molecule has 104 valence electrons. The van der Waals surface area contributed by atoms with E-state index in [1.54, 1.807) is 0 Å². The summed E-state index contributed by atoms with van der Waals surface area (Å²) >= 11 is 0. The van der Waals surface area contributed by atoms with Crippen LogP contribution >= 0.6 is 0 Å². The van der Waals surface area contributed by atoms with Crippen LogP contribution in [-0.4, -0.2) is 5.91 Å². The largest absolute Gasteiger partial charge is 0.369 e. The van der Waals surface area contributed by atoms with E-state index < -0.39 is 0 Å². The Morgan fingerprint density at radius 2 is 1.20 bits per heavy atom. The van der Waals surface area contributed by atoms with Crippen LogP contribution in [-0.2, 0) is 17.6 Å². The first-order chi connectivity index (χ1) is 9.75. The van der Waals surface area contributed by atoms with Gasteiger partial charge in [-0.2, -0.15) is 0 Å². The Bertz CT molecular complexity index is 478. The minimum absolute atomic E-state index is 0.0459. The van der Waals surface area contributed by atoms with Crippen LogP contribution in [0, 0.1) is 5.92 Å². The standard InChI is InChI=1S/C18H21NO/c19-18(20)17(13-11-15-7-3-1-4-8-15)14-12-16-9-5-2-6-10-16/h1-10,17H,11-14H2,(H2,19,20). The number of rotatable bonds is 7. The van der Waals surface area contributed by atoms with Crippen LogP contribution in [0.25, 0.3) is 0 Å². The number of primary amides is 1. The molecular weight excluding hydrogens is 246 g/mol. The molecule has 0 heterocycles. The second-order valence-electron chi connectivity index (χ2n) is 5.15. The SMILES string of the molecule is NC(=O)C(CCc1ccccc1)CCc1ccccc1. The van der Waals surface area contributed by atoms with Gasteiger partial charge in [0.15, 0.2) is 0 Å². The molecule has 0 aliphatic carbocycles. The average molecular weight is 267 g/mol. The van der Waals surface area contributed by atoms with Crippen molar-refractivity contribution in [1.82, 2.24) is 0 Å². The summed E-state index contributed by atoms with van der Waals surface area (Å²) in [5.41, 5.74) is 8.05. The fourth-order valence-corrected chi connectivity index (χ4v) is 2.40. The molecule has 2 nitrogen and oxygen atoms in total. The number of benzene rings is 2. The zero-order chi connectivity index (χ0) is 14.2. The molecule has 2 rings (SSSR count). The summed E-state index contributed by atoms with van der Waals surface area (Å²) in [5, 5.41) is 0. The number of hydrogen-bond donors (Lipinski definition) is 1. The molecule has 0 aliphatic heterocycles. The minimum atomic E-state index is -0.183. The molecule has 1 amide bonds. The van der Waals surface area contributed by atoms with Crippen molar-refractivity contribution in [1.29, 1.82) is 0 Å². The highest BCUT2D eigenvalue weighted by Crippen LogP contribution is 2.16. The number of hydrogen-bond acceptors (Lipinski definition) is 1. The highest BCUT2D eigenvalue weighted by molar-refractivity contribution is 5.76. The monoisotopic (exact) mass is 267 g/mol. The summed E-state index contributed by atoms with van der Waals surface area (Å²) in [6.45, 7) is 0. The molecule has 2 aromatic rings. The van der Waals surface area contributed by atoms with E-state index in [0.717, 1.165) is 25.7 Å². The van der Waals surface area contributed by atoms with Crippen LogP contribution < -0.4 is 5.73 Å². The number of aryl methyl sites for hydroxylation is 2. The van der Waals surface area contributed by atoms with Gasteiger partial charge in [-0.1, -0.05) is 60.7 Å². The van der Waals surface area contributed by atoms with Crippen LogP contribution in [0.2, 0.25) is 0 Å². The fourth-order valence-electron chi connectivity index (χ4n) is 2.40. The highest BCUT2D eigenvalue weighted by atomic mass is 16.1.